The largest absolute Gasteiger partial charge is 0.478 e. The highest BCUT2D eigenvalue weighted by Crippen LogP contribution is 2.18. The van der Waals surface area contributed by atoms with Crippen molar-refractivity contribution >= 4 is 23.0 Å². The Kier molecular flexibility index (Phi) is 3.57. The summed E-state index contributed by atoms with van der Waals surface area (Å²) in [6.45, 7) is 2.25. The number of hydrogen-bond donors (Lipinski definition) is 2. The van der Waals surface area contributed by atoms with Crippen molar-refractivity contribution in [2.24, 2.45) is 0 Å². The van der Waals surface area contributed by atoms with Gasteiger partial charge in [-0.2, -0.15) is 0 Å². The molecule has 0 radical (unpaired) electrons. The second-order valence-electron chi connectivity index (χ2n) is 3.74. The molecule has 2 rings (SSSR count). The minimum absolute atomic E-state index is 0.0502. The average molecular weight is 266 g/mol. The van der Waals surface area contributed by atoms with Crippen LogP contribution in [0.1, 0.15) is 21.1 Å². The van der Waals surface area contributed by atoms with Crippen LogP contribution in [0.2, 0.25) is 0 Å². The van der Waals surface area contributed by atoms with Gasteiger partial charge in [-0.1, -0.05) is 0 Å². The third-order valence-electron chi connectivity index (χ3n) is 2.31. The van der Waals surface area contributed by atoms with E-state index in [4.69, 9.17) is 5.11 Å². The van der Waals surface area contributed by atoms with Crippen LogP contribution in [-0.4, -0.2) is 16.1 Å². The first-order valence-electron chi connectivity index (χ1n) is 5.24. The third-order valence-corrected chi connectivity index (χ3v) is 3.28. The molecule has 1 heterocycles. The van der Waals surface area contributed by atoms with Gasteiger partial charge < -0.3 is 10.4 Å². The van der Waals surface area contributed by atoms with Gasteiger partial charge in [0.2, 0.25) is 0 Å². The first kappa shape index (κ1) is 12.5. The molecule has 0 saturated heterocycles. The van der Waals surface area contributed by atoms with Gasteiger partial charge >= 0.3 is 5.97 Å². The van der Waals surface area contributed by atoms with Crippen LogP contribution in [0.25, 0.3) is 0 Å². The highest BCUT2D eigenvalue weighted by molar-refractivity contribution is 7.09. The van der Waals surface area contributed by atoms with Crippen LogP contribution in [0.5, 0.6) is 0 Å². The zero-order chi connectivity index (χ0) is 13.1. The Balaban J connectivity index is 2.13. The first-order valence-corrected chi connectivity index (χ1v) is 6.12. The lowest BCUT2D eigenvalue weighted by atomic mass is 10.2. The smallest absolute Gasteiger partial charge is 0.335 e. The molecule has 0 spiro atoms. The number of anilines is 1. The molecule has 0 unspecified atom stereocenters. The number of benzene rings is 1. The second-order valence-corrected chi connectivity index (χ2v) is 4.68. The highest BCUT2D eigenvalue weighted by Gasteiger charge is 2.08. The summed E-state index contributed by atoms with van der Waals surface area (Å²) < 4.78 is 13.5. The van der Waals surface area contributed by atoms with Gasteiger partial charge in [0.1, 0.15) is 10.8 Å². The van der Waals surface area contributed by atoms with Crippen LogP contribution < -0.4 is 5.32 Å². The van der Waals surface area contributed by atoms with Crippen molar-refractivity contribution in [1.29, 1.82) is 0 Å². The zero-order valence-corrected chi connectivity index (χ0v) is 10.4. The van der Waals surface area contributed by atoms with Gasteiger partial charge in [0.25, 0.3) is 0 Å². The zero-order valence-electron chi connectivity index (χ0n) is 9.61. The van der Waals surface area contributed by atoms with Crippen molar-refractivity contribution in [3.8, 4) is 0 Å². The lowest BCUT2D eigenvalue weighted by Crippen LogP contribution is -2.04. The summed E-state index contributed by atoms with van der Waals surface area (Å²) in [5, 5.41) is 14.4. The van der Waals surface area contributed by atoms with Crippen LogP contribution >= 0.6 is 11.3 Å². The van der Waals surface area contributed by atoms with Crippen LogP contribution in [0.15, 0.2) is 23.6 Å². The van der Waals surface area contributed by atoms with Crippen LogP contribution in [-0.2, 0) is 6.54 Å². The SMILES string of the molecule is Cc1csc(CNc2cc(C(=O)O)ccc2F)n1. The molecule has 2 aromatic rings. The summed E-state index contributed by atoms with van der Waals surface area (Å²) in [5.74, 6) is -1.56. The summed E-state index contributed by atoms with van der Waals surface area (Å²) in [6.07, 6.45) is 0. The number of hydrogen-bond acceptors (Lipinski definition) is 4. The summed E-state index contributed by atoms with van der Waals surface area (Å²) in [4.78, 5) is 15.0. The van der Waals surface area contributed by atoms with Crippen LogP contribution in [0.4, 0.5) is 10.1 Å². The number of halogens is 1. The molecule has 0 bridgehead atoms. The van der Waals surface area contributed by atoms with E-state index < -0.39 is 11.8 Å². The van der Waals surface area contributed by atoms with Crippen molar-refractivity contribution in [3.05, 3.63) is 45.7 Å². The van der Waals surface area contributed by atoms with E-state index in [2.05, 4.69) is 10.3 Å². The Morgan fingerprint density at radius 3 is 2.94 bits per heavy atom. The van der Waals surface area contributed by atoms with Gasteiger partial charge in [0.05, 0.1) is 17.8 Å². The lowest BCUT2D eigenvalue weighted by molar-refractivity contribution is 0.0697. The van der Waals surface area contributed by atoms with Crippen molar-refractivity contribution < 1.29 is 14.3 Å². The molecule has 18 heavy (non-hydrogen) atoms. The normalized spacial score (nSPS) is 10.3. The molecule has 0 saturated carbocycles. The van der Waals surface area contributed by atoms with E-state index in [-0.39, 0.29) is 11.3 Å². The molecule has 1 aromatic carbocycles. The maximum absolute atomic E-state index is 13.5. The fraction of sp³-hybridized carbons (Fsp3) is 0.167. The maximum atomic E-state index is 13.5. The Hall–Kier alpha value is -1.95. The van der Waals surface area contributed by atoms with Crippen LogP contribution in [0.3, 0.4) is 0 Å². The number of rotatable bonds is 4. The fourth-order valence-corrected chi connectivity index (χ4v) is 2.16. The number of carboxylic acids is 1. The van der Waals surface area contributed by atoms with Gasteiger partial charge in [-0.3, -0.25) is 0 Å². The maximum Gasteiger partial charge on any atom is 0.335 e. The molecular weight excluding hydrogens is 255 g/mol. The molecule has 0 fully saturated rings. The molecule has 0 aliphatic heterocycles. The summed E-state index contributed by atoms with van der Waals surface area (Å²) in [5.41, 5.74) is 1.13. The Labute approximate surface area is 107 Å². The summed E-state index contributed by atoms with van der Waals surface area (Å²) in [7, 11) is 0. The molecule has 2 N–H and O–H groups in total. The van der Waals surface area contributed by atoms with E-state index >= 15 is 0 Å². The Morgan fingerprint density at radius 2 is 2.33 bits per heavy atom. The number of aromatic carboxylic acids is 1. The summed E-state index contributed by atoms with van der Waals surface area (Å²) in [6, 6.07) is 3.65. The number of aryl methyl sites for hydroxylation is 1. The number of carboxylic acid groups (broad SMARTS) is 1. The molecule has 4 nitrogen and oxygen atoms in total. The van der Waals surface area contributed by atoms with Crippen molar-refractivity contribution in [2.45, 2.75) is 13.5 Å². The topological polar surface area (TPSA) is 62.2 Å². The minimum atomic E-state index is -1.08. The van der Waals surface area contributed by atoms with E-state index in [0.717, 1.165) is 16.8 Å². The molecule has 0 aliphatic carbocycles. The van der Waals surface area contributed by atoms with Crippen LogP contribution in [0, 0.1) is 12.7 Å². The Morgan fingerprint density at radius 1 is 1.56 bits per heavy atom. The van der Waals surface area contributed by atoms with Gasteiger partial charge in [0.15, 0.2) is 0 Å². The number of thiazole rings is 1. The van der Waals surface area contributed by atoms with Gasteiger partial charge in [-0.05, 0) is 25.1 Å². The van der Waals surface area contributed by atoms with Crippen molar-refractivity contribution in [2.75, 3.05) is 5.32 Å². The van der Waals surface area contributed by atoms with Crippen molar-refractivity contribution in [1.82, 2.24) is 4.98 Å². The van der Waals surface area contributed by atoms with Gasteiger partial charge in [-0.15, -0.1) is 11.3 Å². The van der Waals surface area contributed by atoms with Gasteiger partial charge in [0, 0.05) is 11.1 Å². The number of nitrogens with zero attached hydrogens (tertiary/aromatic N) is 1. The predicted molar refractivity (Wildman–Crippen MR) is 67.5 cm³/mol. The first-order chi connectivity index (χ1) is 8.56. The van der Waals surface area contributed by atoms with E-state index in [0.29, 0.717) is 6.54 Å². The van der Waals surface area contributed by atoms with E-state index in [1.54, 1.807) is 0 Å². The summed E-state index contributed by atoms with van der Waals surface area (Å²) >= 11 is 1.47. The van der Waals surface area contributed by atoms with Gasteiger partial charge in [-0.25, -0.2) is 14.2 Å². The second kappa shape index (κ2) is 5.14. The molecule has 94 valence electrons. The predicted octanol–water partition coefficient (Wildman–Crippen LogP) is 2.90. The number of carbonyl (C=O) groups is 1. The quantitative estimate of drug-likeness (QED) is 0.893. The molecule has 6 heteroatoms. The van der Waals surface area contributed by atoms with Crippen molar-refractivity contribution in [3.63, 3.8) is 0 Å². The highest BCUT2D eigenvalue weighted by atomic mass is 32.1. The number of nitrogens with one attached hydrogen (secondary N) is 1. The standard InChI is InChI=1S/C12H11FN2O2S/c1-7-6-18-11(15-7)5-14-10-4-8(12(16)17)2-3-9(10)13/h2-4,6,14H,5H2,1H3,(H,16,17). The lowest BCUT2D eigenvalue weighted by Gasteiger charge is -2.06. The Bertz CT molecular complexity index is 583. The molecular formula is C12H11FN2O2S. The molecule has 0 amide bonds. The van der Waals surface area contributed by atoms with E-state index in [9.17, 15) is 9.18 Å². The molecule has 1 aromatic heterocycles. The molecule has 0 aliphatic rings. The average Bonchev–Trinajstić information content (AvgIpc) is 2.74. The third kappa shape index (κ3) is 2.84. The minimum Gasteiger partial charge on any atom is -0.478 e. The van der Waals surface area contributed by atoms with E-state index in [1.165, 1.54) is 23.5 Å². The monoisotopic (exact) mass is 266 g/mol. The number of aromatic nitrogens is 1. The molecule has 0 atom stereocenters. The van der Waals surface area contributed by atoms with E-state index in [1.807, 2.05) is 12.3 Å². The fourth-order valence-electron chi connectivity index (χ4n) is 1.45.